The highest BCUT2D eigenvalue weighted by molar-refractivity contribution is 6.03. The summed E-state index contributed by atoms with van der Waals surface area (Å²) in [5.74, 6) is 5.94. The number of furan rings is 1. The molecule has 1 amide bonds. The molecule has 0 saturated heterocycles. The lowest BCUT2D eigenvalue weighted by molar-refractivity contribution is 0.0995. The van der Waals surface area contributed by atoms with Crippen LogP contribution in [0.2, 0.25) is 0 Å². The molecular formula is C15H13NO3. The number of anilines is 1. The molecule has 2 aromatic rings. The van der Waals surface area contributed by atoms with E-state index in [0.717, 1.165) is 0 Å². The lowest BCUT2D eigenvalue weighted by atomic mass is 10.2. The van der Waals surface area contributed by atoms with Crippen LogP contribution < -0.4 is 5.32 Å². The fourth-order valence-corrected chi connectivity index (χ4v) is 1.58. The minimum atomic E-state index is -0.327. The number of carbonyl (C=O) groups is 1. The summed E-state index contributed by atoms with van der Waals surface area (Å²) in [6.07, 6.45) is 0. The van der Waals surface area contributed by atoms with Gasteiger partial charge in [-0.25, -0.2) is 0 Å². The van der Waals surface area contributed by atoms with Crippen molar-refractivity contribution in [1.29, 1.82) is 0 Å². The van der Waals surface area contributed by atoms with E-state index in [4.69, 9.17) is 9.52 Å². The Morgan fingerprint density at radius 1 is 1.32 bits per heavy atom. The van der Waals surface area contributed by atoms with Crippen molar-refractivity contribution >= 4 is 11.6 Å². The fraction of sp³-hybridized carbons (Fsp3) is 0.133. The largest absolute Gasteiger partial charge is 0.456 e. The second kappa shape index (κ2) is 5.89. The summed E-state index contributed by atoms with van der Waals surface area (Å²) in [7, 11) is 0. The van der Waals surface area contributed by atoms with Crippen LogP contribution in [0.1, 0.15) is 21.9 Å². The van der Waals surface area contributed by atoms with E-state index in [9.17, 15) is 4.79 Å². The molecule has 0 atom stereocenters. The van der Waals surface area contributed by atoms with E-state index in [0.29, 0.717) is 17.0 Å². The third-order valence-corrected chi connectivity index (χ3v) is 2.44. The predicted molar refractivity (Wildman–Crippen MR) is 71.8 cm³/mol. The van der Waals surface area contributed by atoms with Crippen LogP contribution in [0, 0.1) is 18.8 Å². The fourth-order valence-electron chi connectivity index (χ4n) is 1.58. The zero-order valence-corrected chi connectivity index (χ0v) is 10.4. The first-order valence-electron chi connectivity index (χ1n) is 5.77. The zero-order valence-electron chi connectivity index (χ0n) is 10.4. The summed E-state index contributed by atoms with van der Waals surface area (Å²) in [6.45, 7) is 1.55. The summed E-state index contributed by atoms with van der Waals surface area (Å²) < 4.78 is 5.25. The van der Waals surface area contributed by atoms with Crippen LogP contribution in [0.15, 0.2) is 40.8 Å². The quantitative estimate of drug-likeness (QED) is 0.808. The third kappa shape index (κ3) is 3.24. The molecule has 2 N–H and O–H groups in total. The van der Waals surface area contributed by atoms with Gasteiger partial charge in [0.2, 0.25) is 0 Å². The smallest absolute Gasteiger partial charge is 0.291 e. The Labute approximate surface area is 111 Å². The van der Waals surface area contributed by atoms with Gasteiger partial charge in [0.05, 0.1) is 5.69 Å². The zero-order chi connectivity index (χ0) is 13.7. The summed E-state index contributed by atoms with van der Waals surface area (Å²) in [6, 6.07) is 10.5. The minimum absolute atomic E-state index is 0.223. The first-order chi connectivity index (χ1) is 9.20. The van der Waals surface area contributed by atoms with Gasteiger partial charge in [0.1, 0.15) is 12.4 Å². The highest BCUT2D eigenvalue weighted by atomic mass is 16.3. The molecule has 0 aliphatic carbocycles. The number of rotatable bonds is 2. The maximum Gasteiger partial charge on any atom is 0.291 e. The number of hydrogen-bond acceptors (Lipinski definition) is 3. The summed E-state index contributed by atoms with van der Waals surface area (Å²) >= 11 is 0. The van der Waals surface area contributed by atoms with Gasteiger partial charge in [-0.3, -0.25) is 4.79 Å². The van der Waals surface area contributed by atoms with Gasteiger partial charge in [-0.1, -0.05) is 24.0 Å². The molecule has 0 spiro atoms. The van der Waals surface area contributed by atoms with Crippen LogP contribution in [0.5, 0.6) is 0 Å². The van der Waals surface area contributed by atoms with E-state index in [1.807, 2.05) is 6.07 Å². The third-order valence-electron chi connectivity index (χ3n) is 2.44. The maximum absolute atomic E-state index is 12.0. The van der Waals surface area contributed by atoms with Gasteiger partial charge in [0.25, 0.3) is 5.91 Å². The van der Waals surface area contributed by atoms with Crippen LogP contribution >= 0.6 is 0 Å². The number of hydrogen-bond donors (Lipinski definition) is 2. The molecule has 1 heterocycles. The second-order valence-corrected chi connectivity index (χ2v) is 3.87. The van der Waals surface area contributed by atoms with Crippen LogP contribution in [0.25, 0.3) is 0 Å². The number of carbonyl (C=O) groups excluding carboxylic acids is 1. The molecule has 4 heteroatoms. The topological polar surface area (TPSA) is 62.5 Å². The molecular weight excluding hydrogens is 242 g/mol. The Balaban J connectivity index is 2.21. The Morgan fingerprint density at radius 3 is 2.79 bits per heavy atom. The molecule has 0 radical (unpaired) electrons. The Hall–Kier alpha value is -2.51. The highest BCUT2D eigenvalue weighted by Gasteiger charge is 2.11. The van der Waals surface area contributed by atoms with Crippen LogP contribution in [-0.4, -0.2) is 17.6 Å². The molecule has 0 bridgehead atoms. The van der Waals surface area contributed by atoms with E-state index < -0.39 is 0 Å². The Bertz CT molecular complexity index is 647. The average Bonchev–Trinajstić information content (AvgIpc) is 2.84. The molecule has 19 heavy (non-hydrogen) atoms. The van der Waals surface area contributed by atoms with Crippen molar-refractivity contribution in [3.63, 3.8) is 0 Å². The van der Waals surface area contributed by atoms with Crippen LogP contribution in [0.4, 0.5) is 5.69 Å². The lowest BCUT2D eigenvalue weighted by Gasteiger charge is -2.05. The normalized spacial score (nSPS) is 9.58. The SMILES string of the molecule is Cc1ccc(C(=O)Nc2ccccc2C#CCO)o1. The summed E-state index contributed by atoms with van der Waals surface area (Å²) in [5.41, 5.74) is 1.23. The molecule has 0 aliphatic heterocycles. The molecule has 1 aromatic heterocycles. The van der Waals surface area contributed by atoms with Crippen molar-refractivity contribution in [2.75, 3.05) is 11.9 Å². The van der Waals surface area contributed by atoms with Gasteiger partial charge in [0.15, 0.2) is 5.76 Å². The van der Waals surface area contributed by atoms with Gasteiger partial charge in [-0.2, -0.15) is 0 Å². The van der Waals surface area contributed by atoms with E-state index in [-0.39, 0.29) is 18.3 Å². The second-order valence-electron chi connectivity index (χ2n) is 3.87. The number of benzene rings is 1. The lowest BCUT2D eigenvalue weighted by Crippen LogP contribution is -2.11. The van der Waals surface area contributed by atoms with Crippen LogP contribution in [-0.2, 0) is 0 Å². The minimum Gasteiger partial charge on any atom is -0.456 e. The van der Waals surface area contributed by atoms with E-state index in [2.05, 4.69) is 17.2 Å². The monoisotopic (exact) mass is 255 g/mol. The molecule has 4 nitrogen and oxygen atoms in total. The van der Waals surface area contributed by atoms with Crippen molar-refractivity contribution in [3.8, 4) is 11.8 Å². The van der Waals surface area contributed by atoms with Gasteiger partial charge in [0, 0.05) is 5.56 Å². The number of nitrogens with one attached hydrogen (secondary N) is 1. The first-order valence-corrected chi connectivity index (χ1v) is 5.77. The molecule has 96 valence electrons. The maximum atomic E-state index is 12.0. The molecule has 2 rings (SSSR count). The van der Waals surface area contributed by atoms with Crippen molar-refractivity contribution in [1.82, 2.24) is 0 Å². The Morgan fingerprint density at radius 2 is 2.11 bits per heavy atom. The van der Waals surface area contributed by atoms with E-state index in [1.54, 1.807) is 37.3 Å². The standard InChI is InChI=1S/C15H13NO3/c1-11-8-9-14(19-11)15(18)16-13-7-3-2-5-12(13)6-4-10-17/h2-3,5,7-9,17H,10H2,1H3,(H,16,18). The molecule has 1 aromatic carbocycles. The van der Waals surface area contributed by atoms with Crippen molar-refractivity contribution < 1.29 is 14.3 Å². The van der Waals surface area contributed by atoms with Gasteiger partial charge >= 0.3 is 0 Å². The number of aliphatic hydroxyl groups is 1. The molecule has 0 fully saturated rings. The highest BCUT2D eigenvalue weighted by Crippen LogP contribution is 2.16. The predicted octanol–water partition coefficient (Wildman–Crippen LogP) is 2.18. The van der Waals surface area contributed by atoms with Crippen molar-refractivity contribution in [2.24, 2.45) is 0 Å². The van der Waals surface area contributed by atoms with Crippen LogP contribution in [0.3, 0.4) is 0 Å². The van der Waals surface area contributed by atoms with E-state index in [1.165, 1.54) is 0 Å². The molecule has 0 aliphatic rings. The average molecular weight is 255 g/mol. The van der Waals surface area contributed by atoms with E-state index >= 15 is 0 Å². The van der Waals surface area contributed by atoms with Gasteiger partial charge < -0.3 is 14.8 Å². The molecule has 0 saturated carbocycles. The molecule has 0 unspecified atom stereocenters. The Kier molecular flexibility index (Phi) is 4.01. The van der Waals surface area contributed by atoms with Gasteiger partial charge in [-0.05, 0) is 31.2 Å². The number of amides is 1. The number of aliphatic hydroxyl groups excluding tert-OH is 1. The van der Waals surface area contributed by atoms with Crippen molar-refractivity contribution in [3.05, 3.63) is 53.5 Å². The van der Waals surface area contributed by atoms with Gasteiger partial charge in [-0.15, -0.1) is 0 Å². The summed E-state index contributed by atoms with van der Waals surface area (Å²) in [4.78, 5) is 12.0. The van der Waals surface area contributed by atoms with Crippen molar-refractivity contribution in [2.45, 2.75) is 6.92 Å². The number of para-hydroxylation sites is 1. The first kappa shape index (κ1) is 12.9. The number of aryl methyl sites for hydroxylation is 1. The summed E-state index contributed by atoms with van der Waals surface area (Å²) in [5, 5.41) is 11.4.